The molecule has 3 aromatic rings. The van der Waals surface area contributed by atoms with Gasteiger partial charge in [0.15, 0.2) is 11.2 Å². The van der Waals surface area contributed by atoms with Gasteiger partial charge in [0.25, 0.3) is 0 Å². The molecule has 0 saturated carbocycles. The molecule has 0 spiro atoms. The standard InChI is InChI=1S/C14H14F3N5O3S/c1-9-8-12(14(15,16)17)19-22(9)7-3-6-18-26(23,24)11-5-2-4-10-13(11)21-25-20-10/h2,4-5,8,18H,3,6-7H2,1H3. The number of benzene rings is 1. The second kappa shape index (κ2) is 6.68. The summed E-state index contributed by atoms with van der Waals surface area (Å²) < 4.78 is 70.7. The first-order chi connectivity index (χ1) is 12.2. The lowest BCUT2D eigenvalue weighted by Crippen LogP contribution is -2.26. The van der Waals surface area contributed by atoms with Gasteiger partial charge >= 0.3 is 6.18 Å². The Hall–Kier alpha value is -2.47. The number of alkyl halides is 3. The number of aromatic nitrogens is 4. The molecule has 0 unspecified atom stereocenters. The number of nitrogens with zero attached hydrogens (tertiary/aromatic N) is 4. The summed E-state index contributed by atoms with van der Waals surface area (Å²) in [6.45, 7) is 1.66. The molecule has 0 aliphatic rings. The minimum atomic E-state index is -4.51. The maximum absolute atomic E-state index is 12.6. The molecule has 0 aliphatic heterocycles. The first-order valence-electron chi connectivity index (χ1n) is 7.51. The molecule has 3 rings (SSSR count). The van der Waals surface area contributed by atoms with Crippen molar-refractivity contribution >= 4 is 21.1 Å². The van der Waals surface area contributed by atoms with Gasteiger partial charge in [-0.25, -0.2) is 17.8 Å². The van der Waals surface area contributed by atoms with E-state index in [0.29, 0.717) is 11.2 Å². The summed E-state index contributed by atoms with van der Waals surface area (Å²) in [4.78, 5) is -0.0779. The summed E-state index contributed by atoms with van der Waals surface area (Å²) in [7, 11) is -3.86. The lowest BCUT2D eigenvalue weighted by molar-refractivity contribution is -0.141. The fourth-order valence-electron chi connectivity index (χ4n) is 2.39. The summed E-state index contributed by atoms with van der Waals surface area (Å²) in [5.41, 5.74) is -0.211. The summed E-state index contributed by atoms with van der Waals surface area (Å²) in [6, 6.07) is 5.38. The van der Waals surface area contributed by atoms with Crippen LogP contribution in [0.15, 0.2) is 33.8 Å². The zero-order valence-corrected chi connectivity index (χ0v) is 14.3. The molecular weight excluding hydrogens is 375 g/mol. The van der Waals surface area contributed by atoms with Crippen LogP contribution in [-0.2, 0) is 22.7 Å². The topological polar surface area (TPSA) is 103 Å². The van der Waals surface area contributed by atoms with Crippen molar-refractivity contribution in [3.05, 3.63) is 35.7 Å². The van der Waals surface area contributed by atoms with Crippen molar-refractivity contribution in [3.63, 3.8) is 0 Å². The number of fused-ring (bicyclic) bond motifs is 1. The van der Waals surface area contributed by atoms with Crippen LogP contribution in [0.4, 0.5) is 13.2 Å². The quantitative estimate of drug-likeness (QED) is 0.648. The highest BCUT2D eigenvalue weighted by Gasteiger charge is 2.34. The Labute approximate surface area is 146 Å². The average molecular weight is 389 g/mol. The summed E-state index contributed by atoms with van der Waals surface area (Å²) in [5, 5.41) is 10.6. The zero-order chi connectivity index (χ0) is 18.9. The third-order valence-electron chi connectivity index (χ3n) is 3.65. The van der Waals surface area contributed by atoms with Crippen molar-refractivity contribution in [2.24, 2.45) is 0 Å². The van der Waals surface area contributed by atoms with Gasteiger partial charge in [0.1, 0.15) is 10.4 Å². The van der Waals surface area contributed by atoms with Crippen LogP contribution >= 0.6 is 0 Å². The predicted molar refractivity (Wildman–Crippen MR) is 83.6 cm³/mol. The molecule has 0 aliphatic carbocycles. The molecule has 2 aromatic heterocycles. The van der Waals surface area contributed by atoms with Crippen LogP contribution in [-0.4, -0.2) is 35.1 Å². The van der Waals surface area contributed by atoms with Crippen LogP contribution in [0.3, 0.4) is 0 Å². The molecule has 140 valence electrons. The van der Waals surface area contributed by atoms with Gasteiger partial charge in [-0.1, -0.05) is 6.07 Å². The lowest BCUT2D eigenvalue weighted by Gasteiger charge is -2.08. The first-order valence-corrected chi connectivity index (χ1v) is 8.99. The van der Waals surface area contributed by atoms with E-state index in [2.05, 4.69) is 24.8 Å². The van der Waals surface area contributed by atoms with Gasteiger partial charge in [-0.15, -0.1) is 0 Å². The molecule has 12 heteroatoms. The largest absolute Gasteiger partial charge is 0.435 e. The van der Waals surface area contributed by atoms with Gasteiger partial charge in [-0.2, -0.15) is 18.3 Å². The highest BCUT2D eigenvalue weighted by molar-refractivity contribution is 7.89. The van der Waals surface area contributed by atoms with Gasteiger partial charge in [0, 0.05) is 18.8 Å². The highest BCUT2D eigenvalue weighted by atomic mass is 32.2. The zero-order valence-electron chi connectivity index (χ0n) is 13.5. The van der Waals surface area contributed by atoms with Crippen molar-refractivity contribution in [3.8, 4) is 0 Å². The van der Waals surface area contributed by atoms with Gasteiger partial charge in [-0.3, -0.25) is 4.68 Å². The molecule has 0 radical (unpaired) electrons. The van der Waals surface area contributed by atoms with Crippen LogP contribution < -0.4 is 4.72 Å². The Morgan fingerprint density at radius 2 is 2.04 bits per heavy atom. The van der Waals surface area contributed by atoms with Crippen molar-refractivity contribution in [1.82, 2.24) is 24.8 Å². The smallest absolute Gasteiger partial charge is 0.269 e. The Morgan fingerprint density at radius 1 is 1.27 bits per heavy atom. The Bertz CT molecular complexity index is 1030. The first kappa shape index (κ1) is 18.3. The molecule has 1 aromatic carbocycles. The highest BCUT2D eigenvalue weighted by Crippen LogP contribution is 2.28. The predicted octanol–water partition coefficient (Wildman–Crippen LogP) is 2.12. The summed E-state index contributed by atoms with van der Waals surface area (Å²) >= 11 is 0. The van der Waals surface area contributed by atoms with E-state index in [-0.39, 0.29) is 29.9 Å². The van der Waals surface area contributed by atoms with Crippen molar-refractivity contribution < 1.29 is 26.2 Å². The molecule has 8 nitrogen and oxygen atoms in total. The Morgan fingerprint density at radius 3 is 2.73 bits per heavy atom. The second-order valence-electron chi connectivity index (χ2n) is 5.53. The van der Waals surface area contributed by atoms with E-state index in [9.17, 15) is 21.6 Å². The molecule has 0 amide bonds. The number of aryl methyl sites for hydroxylation is 2. The van der Waals surface area contributed by atoms with Gasteiger partial charge < -0.3 is 0 Å². The van der Waals surface area contributed by atoms with Crippen LogP contribution in [0.2, 0.25) is 0 Å². The van der Waals surface area contributed by atoms with Gasteiger partial charge in [0.2, 0.25) is 10.0 Å². The molecule has 0 fully saturated rings. The van der Waals surface area contributed by atoms with E-state index in [0.717, 1.165) is 6.07 Å². The van der Waals surface area contributed by atoms with Crippen LogP contribution in [0.1, 0.15) is 17.8 Å². The van der Waals surface area contributed by atoms with Crippen molar-refractivity contribution in [2.75, 3.05) is 6.54 Å². The maximum Gasteiger partial charge on any atom is 0.435 e. The average Bonchev–Trinajstić information content (AvgIpc) is 3.17. The van der Waals surface area contributed by atoms with Crippen molar-refractivity contribution in [1.29, 1.82) is 0 Å². The van der Waals surface area contributed by atoms with E-state index in [1.54, 1.807) is 6.07 Å². The van der Waals surface area contributed by atoms with E-state index >= 15 is 0 Å². The normalized spacial score (nSPS) is 12.8. The second-order valence-corrected chi connectivity index (χ2v) is 7.27. The molecule has 0 saturated heterocycles. The monoisotopic (exact) mass is 389 g/mol. The lowest BCUT2D eigenvalue weighted by atomic mass is 10.3. The van der Waals surface area contributed by atoms with Gasteiger partial charge in [-0.05, 0) is 41.9 Å². The van der Waals surface area contributed by atoms with Crippen LogP contribution in [0.25, 0.3) is 11.0 Å². The summed E-state index contributed by atoms with van der Waals surface area (Å²) in [5.74, 6) is 0. The molecular formula is C14H14F3N5O3S. The SMILES string of the molecule is Cc1cc(C(F)(F)F)nn1CCCNS(=O)(=O)c1cccc2nonc12. The minimum absolute atomic E-state index is 0.0185. The summed E-state index contributed by atoms with van der Waals surface area (Å²) in [6.07, 6.45) is -4.26. The van der Waals surface area contributed by atoms with Crippen molar-refractivity contribution in [2.45, 2.75) is 31.0 Å². The Balaban J connectivity index is 1.63. The van der Waals surface area contributed by atoms with E-state index < -0.39 is 21.9 Å². The number of hydrogen-bond donors (Lipinski definition) is 1. The Kier molecular flexibility index (Phi) is 4.71. The number of hydrogen-bond acceptors (Lipinski definition) is 6. The molecule has 0 atom stereocenters. The third kappa shape index (κ3) is 3.70. The number of rotatable bonds is 6. The van der Waals surface area contributed by atoms with E-state index in [1.165, 1.54) is 23.7 Å². The number of nitrogens with one attached hydrogen (secondary N) is 1. The number of halogens is 3. The minimum Gasteiger partial charge on any atom is -0.269 e. The van der Waals surface area contributed by atoms with Crippen LogP contribution in [0, 0.1) is 6.92 Å². The molecule has 0 bridgehead atoms. The fraction of sp³-hybridized carbons (Fsp3) is 0.357. The molecule has 1 N–H and O–H groups in total. The van der Waals surface area contributed by atoms with Crippen LogP contribution in [0.5, 0.6) is 0 Å². The fourth-order valence-corrected chi connectivity index (χ4v) is 3.61. The van der Waals surface area contributed by atoms with E-state index in [1.807, 2.05) is 0 Å². The third-order valence-corrected chi connectivity index (χ3v) is 5.14. The maximum atomic E-state index is 12.6. The molecule has 2 heterocycles. The number of sulfonamides is 1. The van der Waals surface area contributed by atoms with E-state index in [4.69, 9.17) is 0 Å². The van der Waals surface area contributed by atoms with Gasteiger partial charge in [0.05, 0.1) is 0 Å². The molecule has 26 heavy (non-hydrogen) atoms.